The second kappa shape index (κ2) is 7.28. The van der Waals surface area contributed by atoms with Crippen LogP contribution in [0.5, 0.6) is 0 Å². The lowest BCUT2D eigenvalue weighted by Crippen LogP contribution is -2.19. The van der Waals surface area contributed by atoms with Gasteiger partial charge in [-0.1, -0.05) is 12.1 Å². The molecule has 2 atom stereocenters. The van der Waals surface area contributed by atoms with Gasteiger partial charge in [-0.15, -0.1) is 0 Å². The van der Waals surface area contributed by atoms with Crippen LogP contribution in [0, 0.1) is 0 Å². The number of thiol groups is 1. The maximum Gasteiger partial charge on any atom is 0.231 e. The Morgan fingerprint density at radius 2 is 1.84 bits per heavy atom. The molecular formula is C13H17NO4S. The smallest absolute Gasteiger partial charge is 0.231 e. The molecule has 0 saturated heterocycles. The van der Waals surface area contributed by atoms with Gasteiger partial charge in [-0.2, -0.15) is 12.6 Å². The molecule has 2 unspecified atom stereocenters. The number of carbonyl (C=O) groups excluding carboxylic acids is 2. The van der Waals surface area contributed by atoms with E-state index in [0.29, 0.717) is 11.3 Å². The molecule has 1 rings (SSSR count). The van der Waals surface area contributed by atoms with Gasteiger partial charge in [-0.05, 0) is 24.6 Å². The molecular weight excluding hydrogens is 266 g/mol. The lowest BCUT2D eigenvalue weighted by Gasteiger charge is -2.16. The zero-order valence-electron chi connectivity index (χ0n) is 10.5. The molecule has 0 aliphatic carbocycles. The highest BCUT2D eigenvalue weighted by molar-refractivity contribution is 7.80. The summed E-state index contributed by atoms with van der Waals surface area (Å²) in [5.41, 5.74) is 1.06. The predicted octanol–water partition coefficient (Wildman–Crippen LogP) is 0.928. The van der Waals surface area contributed by atoms with E-state index in [1.807, 2.05) is 0 Å². The molecule has 1 aromatic rings. The van der Waals surface area contributed by atoms with E-state index in [9.17, 15) is 19.8 Å². The van der Waals surface area contributed by atoms with Crippen molar-refractivity contribution in [2.24, 2.45) is 0 Å². The predicted molar refractivity (Wildman–Crippen MR) is 75.2 cm³/mol. The number of nitrogens with one attached hydrogen (secondary N) is 1. The van der Waals surface area contributed by atoms with Crippen LogP contribution in [0.2, 0.25) is 0 Å². The number of hydrogen-bond donors (Lipinski definition) is 4. The van der Waals surface area contributed by atoms with Crippen molar-refractivity contribution in [3.05, 3.63) is 29.8 Å². The third-order valence-electron chi connectivity index (χ3n) is 2.50. The van der Waals surface area contributed by atoms with Crippen LogP contribution in [0.3, 0.4) is 0 Å². The fourth-order valence-corrected chi connectivity index (χ4v) is 1.72. The third-order valence-corrected chi connectivity index (χ3v) is 2.87. The number of aliphatic hydroxyl groups is 2. The summed E-state index contributed by atoms with van der Waals surface area (Å²) in [5.74, 6) is -0.434. The van der Waals surface area contributed by atoms with Crippen LogP contribution in [0.15, 0.2) is 24.3 Å². The van der Waals surface area contributed by atoms with Gasteiger partial charge >= 0.3 is 0 Å². The van der Waals surface area contributed by atoms with Gasteiger partial charge in [0.25, 0.3) is 0 Å². The summed E-state index contributed by atoms with van der Waals surface area (Å²) in [6.45, 7) is 1.35. The first-order valence-electron chi connectivity index (χ1n) is 5.80. The number of benzene rings is 1. The van der Waals surface area contributed by atoms with Crippen molar-refractivity contribution in [2.75, 3.05) is 11.1 Å². The van der Waals surface area contributed by atoms with E-state index >= 15 is 0 Å². The Balaban J connectivity index is 2.66. The van der Waals surface area contributed by atoms with Crippen LogP contribution in [0.4, 0.5) is 5.69 Å². The maximum absolute atomic E-state index is 11.4. The standard InChI is InChI=1S/C13H17NO4S/c1-8(15)6-12(17)14-10-4-2-9(3-5-10)13(18)11(16)7-19/h2-5,11,13,16,18-19H,6-7H2,1H3,(H,14,17). The average Bonchev–Trinajstić information content (AvgIpc) is 2.36. The van der Waals surface area contributed by atoms with Crippen molar-refractivity contribution in [1.29, 1.82) is 0 Å². The highest BCUT2D eigenvalue weighted by atomic mass is 32.1. The fraction of sp³-hybridized carbons (Fsp3) is 0.385. The number of rotatable bonds is 6. The Morgan fingerprint density at radius 3 is 2.32 bits per heavy atom. The lowest BCUT2D eigenvalue weighted by molar-refractivity contribution is -0.124. The molecule has 0 radical (unpaired) electrons. The molecule has 5 nitrogen and oxygen atoms in total. The van der Waals surface area contributed by atoms with Gasteiger partial charge in [0.05, 0.1) is 12.5 Å². The van der Waals surface area contributed by atoms with Crippen molar-refractivity contribution in [2.45, 2.75) is 25.6 Å². The van der Waals surface area contributed by atoms with Gasteiger partial charge in [0, 0.05) is 11.4 Å². The van der Waals surface area contributed by atoms with Crippen molar-refractivity contribution < 1.29 is 19.8 Å². The Bertz CT molecular complexity index is 446. The monoisotopic (exact) mass is 283 g/mol. The molecule has 0 spiro atoms. The lowest BCUT2D eigenvalue weighted by atomic mass is 10.1. The van der Waals surface area contributed by atoms with E-state index in [1.165, 1.54) is 6.92 Å². The van der Waals surface area contributed by atoms with Crippen molar-refractivity contribution in [1.82, 2.24) is 0 Å². The first-order chi connectivity index (χ1) is 8.93. The minimum Gasteiger partial charge on any atom is -0.389 e. The van der Waals surface area contributed by atoms with Crippen LogP contribution >= 0.6 is 12.6 Å². The molecule has 0 heterocycles. The van der Waals surface area contributed by atoms with E-state index in [0.717, 1.165) is 0 Å². The van der Waals surface area contributed by atoms with Gasteiger partial charge in [0.1, 0.15) is 11.9 Å². The van der Waals surface area contributed by atoms with Gasteiger partial charge in [0.2, 0.25) is 5.91 Å². The second-order valence-corrected chi connectivity index (χ2v) is 4.61. The Hall–Kier alpha value is -1.37. The Morgan fingerprint density at radius 1 is 1.26 bits per heavy atom. The third kappa shape index (κ3) is 5.02. The highest BCUT2D eigenvalue weighted by Gasteiger charge is 2.16. The van der Waals surface area contributed by atoms with Gasteiger partial charge in [-0.3, -0.25) is 9.59 Å². The first-order valence-corrected chi connectivity index (χ1v) is 6.43. The summed E-state index contributed by atoms with van der Waals surface area (Å²) >= 11 is 3.90. The molecule has 0 saturated carbocycles. The Labute approximate surface area is 117 Å². The van der Waals surface area contributed by atoms with Crippen LogP contribution in [0.1, 0.15) is 25.0 Å². The van der Waals surface area contributed by atoms with Crippen molar-refractivity contribution >= 4 is 30.0 Å². The number of hydrogen-bond acceptors (Lipinski definition) is 5. The largest absolute Gasteiger partial charge is 0.389 e. The van der Waals surface area contributed by atoms with Crippen LogP contribution in [-0.4, -0.2) is 33.8 Å². The fourth-order valence-electron chi connectivity index (χ4n) is 1.52. The molecule has 0 aliphatic heterocycles. The molecule has 0 bridgehead atoms. The normalized spacial score (nSPS) is 13.7. The summed E-state index contributed by atoms with van der Waals surface area (Å²) in [4.78, 5) is 22.1. The molecule has 104 valence electrons. The molecule has 6 heteroatoms. The van der Waals surface area contributed by atoms with Crippen molar-refractivity contribution in [3.63, 3.8) is 0 Å². The molecule has 1 aromatic carbocycles. The van der Waals surface area contributed by atoms with Gasteiger partial charge in [-0.25, -0.2) is 0 Å². The molecule has 3 N–H and O–H groups in total. The molecule has 0 aromatic heterocycles. The number of ketones is 1. The zero-order chi connectivity index (χ0) is 14.4. The first kappa shape index (κ1) is 15.7. The minimum atomic E-state index is -1.01. The summed E-state index contributed by atoms with van der Waals surface area (Å²) in [6.07, 6.45) is -2.12. The number of anilines is 1. The molecule has 0 fully saturated rings. The van der Waals surface area contributed by atoms with Crippen molar-refractivity contribution in [3.8, 4) is 0 Å². The summed E-state index contributed by atoms with van der Waals surface area (Å²) in [5, 5.41) is 21.8. The van der Waals surface area contributed by atoms with Gasteiger partial charge in [0.15, 0.2) is 0 Å². The van der Waals surface area contributed by atoms with E-state index in [1.54, 1.807) is 24.3 Å². The SMILES string of the molecule is CC(=O)CC(=O)Nc1ccc(C(O)C(O)CS)cc1. The van der Waals surface area contributed by atoms with E-state index in [-0.39, 0.29) is 23.9 Å². The highest BCUT2D eigenvalue weighted by Crippen LogP contribution is 2.20. The number of carbonyl (C=O) groups is 2. The number of Topliss-reactive ketones (excluding diaryl/α,β-unsaturated/α-hetero) is 1. The quantitative estimate of drug-likeness (QED) is 0.462. The summed E-state index contributed by atoms with van der Waals surface area (Å²) < 4.78 is 0. The van der Waals surface area contributed by atoms with Crippen LogP contribution in [-0.2, 0) is 9.59 Å². The van der Waals surface area contributed by atoms with E-state index < -0.39 is 12.2 Å². The number of aliphatic hydroxyl groups excluding tert-OH is 2. The molecule has 1 amide bonds. The van der Waals surface area contributed by atoms with Crippen LogP contribution < -0.4 is 5.32 Å². The second-order valence-electron chi connectivity index (χ2n) is 4.24. The maximum atomic E-state index is 11.4. The summed E-state index contributed by atoms with van der Waals surface area (Å²) in [7, 11) is 0. The number of amides is 1. The van der Waals surface area contributed by atoms with Crippen LogP contribution in [0.25, 0.3) is 0 Å². The van der Waals surface area contributed by atoms with E-state index in [2.05, 4.69) is 17.9 Å². The average molecular weight is 283 g/mol. The summed E-state index contributed by atoms with van der Waals surface area (Å²) in [6, 6.07) is 6.39. The molecule has 0 aliphatic rings. The van der Waals surface area contributed by atoms with Gasteiger partial charge < -0.3 is 15.5 Å². The van der Waals surface area contributed by atoms with E-state index in [4.69, 9.17) is 0 Å². The topological polar surface area (TPSA) is 86.6 Å². The molecule has 19 heavy (non-hydrogen) atoms. The minimum absolute atomic E-state index is 0.151. The zero-order valence-corrected chi connectivity index (χ0v) is 11.4. The Kier molecular flexibility index (Phi) is 6.01.